The highest BCUT2D eigenvalue weighted by Crippen LogP contribution is 2.33. The molecule has 2 aromatic heterocycles. The summed E-state index contributed by atoms with van der Waals surface area (Å²) in [6.07, 6.45) is 3.53. The molecule has 1 aliphatic rings. The van der Waals surface area contributed by atoms with Crippen LogP contribution >= 0.6 is 11.8 Å². The fourth-order valence-corrected chi connectivity index (χ4v) is 5.13. The largest absolute Gasteiger partial charge is 0.495 e. The van der Waals surface area contributed by atoms with Crippen molar-refractivity contribution in [1.82, 2.24) is 24.3 Å². The van der Waals surface area contributed by atoms with Crippen molar-refractivity contribution in [1.29, 1.82) is 0 Å². The topological polar surface area (TPSA) is 78.1 Å². The number of hydrogen-bond acceptors (Lipinski definition) is 7. The van der Waals surface area contributed by atoms with Crippen LogP contribution in [0.25, 0.3) is 16.6 Å². The van der Waals surface area contributed by atoms with Gasteiger partial charge in [-0.25, -0.2) is 4.98 Å². The highest BCUT2D eigenvalue weighted by Gasteiger charge is 2.23. The first-order valence-corrected chi connectivity index (χ1v) is 12.1. The van der Waals surface area contributed by atoms with Crippen molar-refractivity contribution < 1.29 is 4.74 Å². The first-order chi connectivity index (χ1) is 16.2. The van der Waals surface area contributed by atoms with E-state index in [4.69, 9.17) is 9.72 Å². The first-order valence-electron chi connectivity index (χ1n) is 11.1. The van der Waals surface area contributed by atoms with Crippen LogP contribution in [0.3, 0.4) is 0 Å². The van der Waals surface area contributed by atoms with Crippen molar-refractivity contribution in [3.05, 3.63) is 64.7 Å². The van der Waals surface area contributed by atoms with Gasteiger partial charge in [0.15, 0.2) is 5.16 Å². The van der Waals surface area contributed by atoms with Crippen LogP contribution in [-0.2, 0) is 12.8 Å². The Labute approximate surface area is 196 Å². The Kier molecular flexibility index (Phi) is 6.04. The van der Waals surface area contributed by atoms with Crippen LogP contribution in [0.4, 0.5) is 5.95 Å². The van der Waals surface area contributed by atoms with Gasteiger partial charge in [-0.2, -0.15) is 0 Å². The number of aromatic nitrogens is 5. The molecule has 1 fully saturated rings. The number of ether oxygens (including phenoxy) is 1. The minimum Gasteiger partial charge on any atom is -0.495 e. The van der Waals surface area contributed by atoms with Crippen molar-refractivity contribution in [2.45, 2.75) is 30.2 Å². The number of piperidine rings is 1. The second kappa shape index (κ2) is 9.27. The van der Waals surface area contributed by atoms with Crippen molar-refractivity contribution in [3.63, 3.8) is 0 Å². The van der Waals surface area contributed by atoms with Gasteiger partial charge >= 0.3 is 0 Å². The Morgan fingerprint density at radius 2 is 1.76 bits per heavy atom. The monoisotopic (exact) mass is 462 g/mol. The molecule has 3 heterocycles. The SMILES string of the molecule is COc1ccccc1-n1c(SCc2nc3ccccc3c(=O)n2C)nnc1N1CCCCC1. The second-order valence-electron chi connectivity index (χ2n) is 8.04. The third kappa shape index (κ3) is 4.08. The molecule has 0 bridgehead atoms. The van der Waals surface area contributed by atoms with Gasteiger partial charge < -0.3 is 9.64 Å². The van der Waals surface area contributed by atoms with E-state index in [1.165, 1.54) is 18.2 Å². The average Bonchev–Trinajstić information content (AvgIpc) is 3.29. The lowest BCUT2D eigenvalue weighted by Gasteiger charge is -2.28. The van der Waals surface area contributed by atoms with Gasteiger partial charge in [0.1, 0.15) is 11.6 Å². The zero-order valence-corrected chi connectivity index (χ0v) is 19.6. The maximum atomic E-state index is 12.8. The lowest BCUT2D eigenvalue weighted by molar-refractivity contribution is 0.412. The molecule has 0 saturated carbocycles. The van der Waals surface area contributed by atoms with Crippen LogP contribution in [0.15, 0.2) is 58.5 Å². The molecule has 0 aliphatic carbocycles. The number of fused-ring (bicyclic) bond motifs is 1. The minimum absolute atomic E-state index is 0.0450. The van der Waals surface area contributed by atoms with Crippen molar-refractivity contribution >= 4 is 28.6 Å². The van der Waals surface area contributed by atoms with Crippen LogP contribution in [-0.4, -0.2) is 44.5 Å². The molecule has 0 radical (unpaired) electrons. The van der Waals surface area contributed by atoms with E-state index in [1.807, 2.05) is 48.5 Å². The number of rotatable bonds is 6. The molecule has 1 aliphatic heterocycles. The van der Waals surface area contributed by atoms with Crippen LogP contribution in [0.2, 0.25) is 0 Å². The molecule has 0 atom stereocenters. The zero-order valence-electron chi connectivity index (χ0n) is 18.8. The van der Waals surface area contributed by atoms with Crippen molar-refractivity contribution in [2.75, 3.05) is 25.1 Å². The minimum atomic E-state index is -0.0450. The summed E-state index contributed by atoms with van der Waals surface area (Å²) in [5.41, 5.74) is 1.56. The van der Waals surface area contributed by atoms with Crippen LogP contribution in [0.5, 0.6) is 5.75 Å². The lowest BCUT2D eigenvalue weighted by atomic mass is 10.1. The standard InChI is InChI=1S/C24H26N6O2S/c1-28-21(25-18-11-5-4-10-17(18)22(28)31)16-33-24-27-26-23(29-14-8-3-9-15-29)30(24)19-12-6-7-13-20(19)32-2/h4-7,10-13H,3,8-9,14-16H2,1-2H3. The Bertz CT molecular complexity index is 1340. The number of para-hydroxylation sites is 3. The number of anilines is 1. The van der Waals surface area contributed by atoms with Gasteiger partial charge in [0.05, 0.1) is 29.5 Å². The van der Waals surface area contributed by atoms with Crippen LogP contribution < -0.4 is 15.2 Å². The molecule has 1 saturated heterocycles. The highest BCUT2D eigenvalue weighted by molar-refractivity contribution is 7.98. The second-order valence-corrected chi connectivity index (χ2v) is 8.98. The van der Waals surface area contributed by atoms with Gasteiger partial charge in [0.25, 0.3) is 5.56 Å². The average molecular weight is 463 g/mol. The molecule has 4 aromatic rings. The van der Waals surface area contributed by atoms with Gasteiger partial charge in [-0.3, -0.25) is 13.9 Å². The highest BCUT2D eigenvalue weighted by atomic mass is 32.2. The van der Waals surface area contributed by atoms with E-state index in [9.17, 15) is 4.79 Å². The number of methoxy groups -OCH3 is 1. The Hall–Kier alpha value is -3.33. The molecule has 8 nitrogen and oxygen atoms in total. The Balaban J connectivity index is 1.54. The number of hydrogen-bond donors (Lipinski definition) is 0. The molecule has 2 aromatic carbocycles. The normalized spacial score (nSPS) is 14.1. The quantitative estimate of drug-likeness (QED) is 0.403. The summed E-state index contributed by atoms with van der Waals surface area (Å²) in [4.78, 5) is 19.8. The van der Waals surface area contributed by atoms with Crippen LogP contribution in [0, 0.1) is 0 Å². The van der Waals surface area contributed by atoms with E-state index in [0.717, 1.165) is 48.5 Å². The molecule has 0 N–H and O–H groups in total. The lowest BCUT2D eigenvalue weighted by Crippen LogP contribution is -2.31. The molecule has 33 heavy (non-hydrogen) atoms. The van der Waals surface area contributed by atoms with Gasteiger partial charge in [0, 0.05) is 20.1 Å². The summed E-state index contributed by atoms with van der Waals surface area (Å²) in [6, 6.07) is 15.3. The van der Waals surface area contributed by atoms with E-state index in [2.05, 4.69) is 19.7 Å². The van der Waals surface area contributed by atoms with Crippen LogP contribution in [0.1, 0.15) is 25.1 Å². The van der Waals surface area contributed by atoms with E-state index >= 15 is 0 Å². The predicted octanol–water partition coefficient (Wildman–Crippen LogP) is 3.81. The Morgan fingerprint density at radius 3 is 2.58 bits per heavy atom. The molecule has 0 unspecified atom stereocenters. The molecular formula is C24H26N6O2S. The van der Waals surface area contributed by atoms with Gasteiger partial charge in [-0.1, -0.05) is 36.0 Å². The summed E-state index contributed by atoms with van der Waals surface area (Å²) in [6.45, 7) is 1.91. The van der Waals surface area contributed by atoms with Gasteiger partial charge in [0.2, 0.25) is 5.95 Å². The smallest absolute Gasteiger partial charge is 0.261 e. The molecule has 0 amide bonds. The van der Waals surface area contributed by atoms with E-state index in [1.54, 1.807) is 18.7 Å². The summed E-state index contributed by atoms with van der Waals surface area (Å²) in [5, 5.41) is 10.5. The third-order valence-electron chi connectivity index (χ3n) is 5.99. The van der Waals surface area contributed by atoms with Gasteiger partial charge in [-0.15, -0.1) is 10.2 Å². The summed E-state index contributed by atoms with van der Waals surface area (Å²) in [7, 11) is 3.44. The predicted molar refractivity (Wildman–Crippen MR) is 131 cm³/mol. The summed E-state index contributed by atoms with van der Waals surface area (Å²) in [5.74, 6) is 2.76. The fraction of sp³-hybridized carbons (Fsp3) is 0.333. The number of thioether (sulfide) groups is 1. The van der Waals surface area contributed by atoms with E-state index in [-0.39, 0.29) is 5.56 Å². The Morgan fingerprint density at radius 1 is 1.00 bits per heavy atom. The molecule has 170 valence electrons. The molecule has 0 spiro atoms. The summed E-state index contributed by atoms with van der Waals surface area (Å²) >= 11 is 1.52. The first kappa shape index (κ1) is 21.5. The fourth-order valence-electron chi connectivity index (χ4n) is 4.20. The maximum Gasteiger partial charge on any atom is 0.261 e. The van der Waals surface area contributed by atoms with E-state index in [0.29, 0.717) is 22.5 Å². The molecule has 9 heteroatoms. The molecular weight excluding hydrogens is 436 g/mol. The van der Waals surface area contributed by atoms with Gasteiger partial charge in [-0.05, 0) is 43.5 Å². The summed E-state index contributed by atoms with van der Waals surface area (Å²) < 4.78 is 9.33. The number of nitrogens with zero attached hydrogens (tertiary/aromatic N) is 6. The van der Waals surface area contributed by atoms with Crippen molar-refractivity contribution in [2.24, 2.45) is 7.05 Å². The third-order valence-corrected chi connectivity index (χ3v) is 6.91. The van der Waals surface area contributed by atoms with E-state index < -0.39 is 0 Å². The van der Waals surface area contributed by atoms with Crippen molar-refractivity contribution in [3.8, 4) is 11.4 Å². The molecule has 5 rings (SSSR count). The number of benzene rings is 2. The maximum absolute atomic E-state index is 12.8. The zero-order chi connectivity index (χ0) is 22.8.